The molecule has 0 saturated carbocycles. The fourth-order valence-corrected chi connectivity index (χ4v) is 2.33. The molecule has 0 saturated heterocycles. The van der Waals surface area contributed by atoms with Crippen LogP contribution in [-0.4, -0.2) is 11.5 Å². The van der Waals surface area contributed by atoms with Crippen molar-refractivity contribution in [3.05, 3.63) is 34.3 Å². The molecule has 0 spiro atoms. The third-order valence-corrected chi connectivity index (χ3v) is 3.45. The standard InChI is InChI=1S/C15H19ClN2/c1-5-17-15-11(9(2)3)8-12-10(4)6-7-13(16)14(12)18-15/h6-9H,5H2,1-4H3,(H,17,18). The van der Waals surface area contributed by atoms with Gasteiger partial charge in [-0.3, -0.25) is 0 Å². The number of benzene rings is 1. The molecule has 1 heterocycles. The first-order valence-corrected chi connectivity index (χ1v) is 6.76. The molecule has 0 unspecified atom stereocenters. The zero-order chi connectivity index (χ0) is 13.3. The van der Waals surface area contributed by atoms with E-state index in [1.165, 1.54) is 11.1 Å². The Morgan fingerprint density at radius 1 is 1.33 bits per heavy atom. The van der Waals surface area contributed by atoms with Gasteiger partial charge in [0.05, 0.1) is 10.5 Å². The number of aromatic nitrogens is 1. The molecule has 18 heavy (non-hydrogen) atoms. The minimum Gasteiger partial charge on any atom is -0.370 e. The van der Waals surface area contributed by atoms with Crippen molar-refractivity contribution in [2.24, 2.45) is 0 Å². The summed E-state index contributed by atoms with van der Waals surface area (Å²) in [5, 5.41) is 5.19. The summed E-state index contributed by atoms with van der Waals surface area (Å²) in [5.41, 5.74) is 3.35. The molecule has 0 aliphatic carbocycles. The van der Waals surface area contributed by atoms with Crippen LogP contribution in [-0.2, 0) is 0 Å². The van der Waals surface area contributed by atoms with Gasteiger partial charge in [-0.2, -0.15) is 0 Å². The van der Waals surface area contributed by atoms with Crippen molar-refractivity contribution >= 4 is 28.3 Å². The Balaban J connectivity index is 2.75. The maximum atomic E-state index is 6.24. The van der Waals surface area contributed by atoms with Crippen LogP contribution in [0.5, 0.6) is 0 Å². The molecule has 0 aliphatic rings. The van der Waals surface area contributed by atoms with E-state index >= 15 is 0 Å². The largest absolute Gasteiger partial charge is 0.370 e. The highest BCUT2D eigenvalue weighted by Gasteiger charge is 2.12. The Morgan fingerprint density at radius 3 is 2.67 bits per heavy atom. The summed E-state index contributed by atoms with van der Waals surface area (Å²) in [6, 6.07) is 6.17. The number of nitrogens with one attached hydrogen (secondary N) is 1. The first-order valence-electron chi connectivity index (χ1n) is 6.38. The summed E-state index contributed by atoms with van der Waals surface area (Å²) >= 11 is 6.24. The zero-order valence-corrected chi connectivity index (χ0v) is 12.1. The van der Waals surface area contributed by atoms with Gasteiger partial charge in [0, 0.05) is 11.9 Å². The smallest absolute Gasteiger partial charge is 0.130 e. The van der Waals surface area contributed by atoms with Crippen LogP contribution in [0.25, 0.3) is 10.9 Å². The number of hydrogen-bond acceptors (Lipinski definition) is 2. The van der Waals surface area contributed by atoms with Crippen LogP contribution in [0.1, 0.15) is 37.8 Å². The minimum absolute atomic E-state index is 0.439. The maximum absolute atomic E-state index is 6.24. The topological polar surface area (TPSA) is 24.9 Å². The van der Waals surface area contributed by atoms with Gasteiger partial charge in [0.15, 0.2) is 0 Å². The third-order valence-electron chi connectivity index (χ3n) is 3.15. The van der Waals surface area contributed by atoms with Crippen molar-refractivity contribution in [1.82, 2.24) is 4.98 Å². The van der Waals surface area contributed by atoms with Crippen molar-refractivity contribution in [3.63, 3.8) is 0 Å². The number of fused-ring (bicyclic) bond motifs is 1. The minimum atomic E-state index is 0.439. The summed E-state index contributed by atoms with van der Waals surface area (Å²) in [4.78, 5) is 4.70. The van der Waals surface area contributed by atoms with E-state index in [1.807, 2.05) is 12.1 Å². The normalized spacial score (nSPS) is 11.2. The highest BCUT2D eigenvalue weighted by molar-refractivity contribution is 6.35. The molecular formula is C15H19ClN2. The Labute approximate surface area is 113 Å². The number of rotatable bonds is 3. The second-order valence-electron chi connectivity index (χ2n) is 4.87. The molecule has 0 radical (unpaired) electrons. The lowest BCUT2D eigenvalue weighted by Gasteiger charge is -2.15. The average molecular weight is 263 g/mol. The predicted octanol–water partition coefficient (Wildman–Crippen LogP) is 4.75. The summed E-state index contributed by atoms with van der Waals surface area (Å²) in [6.07, 6.45) is 0. The molecule has 1 aromatic heterocycles. The van der Waals surface area contributed by atoms with Crippen LogP contribution in [0.2, 0.25) is 5.02 Å². The molecule has 2 aromatic rings. The van der Waals surface area contributed by atoms with Crippen molar-refractivity contribution < 1.29 is 0 Å². The summed E-state index contributed by atoms with van der Waals surface area (Å²) < 4.78 is 0. The van der Waals surface area contributed by atoms with Crippen molar-refractivity contribution in [2.75, 3.05) is 11.9 Å². The molecule has 3 heteroatoms. The highest BCUT2D eigenvalue weighted by atomic mass is 35.5. The van der Waals surface area contributed by atoms with E-state index in [0.29, 0.717) is 10.9 Å². The lowest BCUT2D eigenvalue weighted by Crippen LogP contribution is -2.05. The van der Waals surface area contributed by atoms with E-state index in [2.05, 4.69) is 39.1 Å². The fraction of sp³-hybridized carbons (Fsp3) is 0.400. The van der Waals surface area contributed by atoms with Gasteiger partial charge < -0.3 is 5.32 Å². The van der Waals surface area contributed by atoms with E-state index in [0.717, 1.165) is 23.3 Å². The van der Waals surface area contributed by atoms with E-state index in [9.17, 15) is 0 Å². The second kappa shape index (κ2) is 5.15. The number of pyridine rings is 1. The van der Waals surface area contributed by atoms with Gasteiger partial charge in [-0.05, 0) is 43.0 Å². The van der Waals surface area contributed by atoms with Gasteiger partial charge in [-0.1, -0.05) is 31.5 Å². The Hall–Kier alpha value is -1.28. The van der Waals surface area contributed by atoms with E-state index in [1.54, 1.807) is 0 Å². The van der Waals surface area contributed by atoms with Crippen LogP contribution in [0.4, 0.5) is 5.82 Å². The van der Waals surface area contributed by atoms with Gasteiger partial charge in [0.2, 0.25) is 0 Å². The van der Waals surface area contributed by atoms with Crippen molar-refractivity contribution in [3.8, 4) is 0 Å². The zero-order valence-electron chi connectivity index (χ0n) is 11.3. The third kappa shape index (κ3) is 2.30. The first kappa shape index (κ1) is 13.2. The van der Waals surface area contributed by atoms with Crippen LogP contribution in [0, 0.1) is 6.92 Å². The number of aryl methyl sites for hydroxylation is 1. The fourth-order valence-electron chi connectivity index (χ4n) is 2.13. The van der Waals surface area contributed by atoms with Crippen LogP contribution in [0.15, 0.2) is 18.2 Å². The van der Waals surface area contributed by atoms with Gasteiger partial charge in [-0.25, -0.2) is 4.98 Å². The molecule has 0 bridgehead atoms. The van der Waals surface area contributed by atoms with E-state index in [4.69, 9.17) is 16.6 Å². The quantitative estimate of drug-likeness (QED) is 0.863. The monoisotopic (exact) mass is 262 g/mol. The van der Waals surface area contributed by atoms with E-state index < -0.39 is 0 Å². The molecular weight excluding hydrogens is 244 g/mol. The van der Waals surface area contributed by atoms with Gasteiger partial charge in [-0.15, -0.1) is 0 Å². The Bertz CT molecular complexity index is 576. The lowest BCUT2D eigenvalue weighted by molar-refractivity contribution is 0.861. The first-order chi connectivity index (χ1) is 8.54. The molecule has 1 aromatic carbocycles. The van der Waals surface area contributed by atoms with Crippen molar-refractivity contribution in [2.45, 2.75) is 33.6 Å². The molecule has 2 nitrogen and oxygen atoms in total. The molecule has 0 aliphatic heterocycles. The maximum Gasteiger partial charge on any atom is 0.130 e. The lowest BCUT2D eigenvalue weighted by atomic mass is 10.00. The Kier molecular flexibility index (Phi) is 3.76. The second-order valence-corrected chi connectivity index (χ2v) is 5.28. The van der Waals surface area contributed by atoms with Gasteiger partial charge in [0.1, 0.15) is 5.82 Å². The molecule has 2 rings (SSSR count). The van der Waals surface area contributed by atoms with Crippen molar-refractivity contribution in [1.29, 1.82) is 0 Å². The number of anilines is 1. The summed E-state index contributed by atoms with van der Waals surface area (Å²) in [6.45, 7) is 9.40. The SMILES string of the molecule is CCNc1nc2c(Cl)ccc(C)c2cc1C(C)C. The molecule has 0 atom stereocenters. The highest BCUT2D eigenvalue weighted by Crippen LogP contribution is 2.31. The molecule has 0 amide bonds. The average Bonchev–Trinajstić information content (AvgIpc) is 2.34. The molecule has 1 N–H and O–H groups in total. The van der Waals surface area contributed by atoms with E-state index in [-0.39, 0.29) is 0 Å². The Morgan fingerprint density at radius 2 is 2.06 bits per heavy atom. The summed E-state index contributed by atoms with van der Waals surface area (Å²) in [7, 11) is 0. The van der Waals surface area contributed by atoms with Gasteiger partial charge in [0.25, 0.3) is 0 Å². The van der Waals surface area contributed by atoms with Crippen LogP contribution in [0.3, 0.4) is 0 Å². The molecule has 96 valence electrons. The molecule has 0 fully saturated rings. The van der Waals surface area contributed by atoms with Crippen LogP contribution < -0.4 is 5.32 Å². The number of halogens is 1. The number of hydrogen-bond donors (Lipinski definition) is 1. The van der Waals surface area contributed by atoms with Crippen LogP contribution >= 0.6 is 11.6 Å². The number of nitrogens with zero attached hydrogens (tertiary/aromatic N) is 1. The summed E-state index contributed by atoms with van der Waals surface area (Å²) in [5.74, 6) is 1.39. The van der Waals surface area contributed by atoms with Gasteiger partial charge >= 0.3 is 0 Å². The predicted molar refractivity (Wildman–Crippen MR) is 79.7 cm³/mol.